The molecule has 7 N–H and O–H groups in total. The summed E-state index contributed by atoms with van der Waals surface area (Å²) >= 11 is 0. The normalized spacial score (nSPS) is 50.0. The molecule has 2 heterocycles. The fraction of sp³-hybridized carbons (Fsp3) is 1.00. The Kier molecular flexibility index (Phi) is 6.87. The Hall–Kier alpha value is -0.440. The first kappa shape index (κ1) is 19.9. The highest BCUT2D eigenvalue weighted by molar-refractivity contribution is 4.93. The van der Waals surface area contributed by atoms with Gasteiger partial charge in [0.2, 0.25) is 0 Å². The maximum atomic E-state index is 10.2. The van der Waals surface area contributed by atoms with Crippen molar-refractivity contribution >= 4 is 0 Å². The molecule has 10 atom stereocenters. The van der Waals surface area contributed by atoms with Crippen molar-refractivity contribution in [3.8, 4) is 0 Å². The third kappa shape index (κ3) is 3.71. The predicted octanol–water partition coefficient (Wildman–Crippen LogP) is -4.74. The van der Waals surface area contributed by atoms with E-state index in [-0.39, 0.29) is 0 Å². The van der Waals surface area contributed by atoms with Gasteiger partial charge in [-0.05, 0) is 0 Å². The summed E-state index contributed by atoms with van der Waals surface area (Å²) in [4.78, 5) is 0. The van der Waals surface area contributed by atoms with Gasteiger partial charge in [-0.25, -0.2) is 0 Å². The van der Waals surface area contributed by atoms with E-state index in [0.29, 0.717) is 0 Å². The van der Waals surface area contributed by atoms with Crippen LogP contribution in [-0.2, 0) is 18.9 Å². The molecule has 11 nitrogen and oxygen atoms in total. The van der Waals surface area contributed by atoms with Crippen molar-refractivity contribution in [2.75, 3.05) is 20.3 Å². The minimum Gasteiger partial charge on any atom is -0.394 e. The summed E-state index contributed by atoms with van der Waals surface area (Å²) in [5.41, 5.74) is 0. The number of hydrogen-bond acceptors (Lipinski definition) is 11. The van der Waals surface area contributed by atoms with Crippen molar-refractivity contribution in [2.45, 2.75) is 61.4 Å². The number of aliphatic hydroxyl groups excluding tert-OH is 7. The number of rotatable bonds is 5. The molecule has 0 unspecified atom stereocenters. The van der Waals surface area contributed by atoms with Gasteiger partial charge >= 0.3 is 0 Å². The molecule has 2 rings (SSSR count). The lowest BCUT2D eigenvalue weighted by atomic mass is 9.97. The summed E-state index contributed by atoms with van der Waals surface area (Å²) in [7, 11) is 1.24. The summed E-state index contributed by atoms with van der Waals surface area (Å²) in [5, 5.41) is 67.8. The molecule has 2 saturated heterocycles. The van der Waals surface area contributed by atoms with Gasteiger partial charge in [0.15, 0.2) is 12.6 Å². The monoisotopic (exact) mass is 356 g/mol. The van der Waals surface area contributed by atoms with Crippen LogP contribution in [0.25, 0.3) is 0 Å². The first-order chi connectivity index (χ1) is 11.3. The molecule has 11 heteroatoms. The highest BCUT2D eigenvalue weighted by atomic mass is 16.8. The van der Waals surface area contributed by atoms with Crippen molar-refractivity contribution < 1.29 is 54.7 Å². The van der Waals surface area contributed by atoms with Crippen LogP contribution in [-0.4, -0.2) is 117 Å². The second-order valence-corrected chi connectivity index (χ2v) is 5.74. The Balaban J connectivity index is 2.12. The lowest BCUT2D eigenvalue weighted by Crippen LogP contribution is -2.64. The van der Waals surface area contributed by atoms with Gasteiger partial charge in [-0.1, -0.05) is 0 Å². The molecule has 0 aliphatic carbocycles. The summed E-state index contributed by atoms with van der Waals surface area (Å²) < 4.78 is 20.8. The minimum absolute atomic E-state index is 0.565. The van der Waals surface area contributed by atoms with Gasteiger partial charge in [-0.2, -0.15) is 0 Å². The van der Waals surface area contributed by atoms with E-state index in [9.17, 15) is 25.5 Å². The van der Waals surface area contributed by atoms with Crippen LogP contribution in [0.2, 0.25) is 0 Å². The van der Waals surface area contributed by atoms with Gasteiger partial charge < -0.3 is 54.7 Å². The van der Waals surface area contributed by atoms with Crippen LogP contribution in [0.3, 0.4) is 0 Å². The average molecular weight is 356 g/mol. The van der Waals surface area contributed by atoms with Gasteiger partial charge in [-0.15, -0.1) is 0 Å². The molecule has 24 heavy (non-hydrogen) atoms. The van der Waals surface area contributed by atoms with E-state index < -0.39 is 74.6 Å². The predicted molar refractivity (Wildman–Crippen MR) is 73.4 cm³/mol. The molecular formula is C13H24O11. The fourth-order valence-electron chi connectivity index (χ4n) is 2.73. The third-order valence-electron chi connectivity index (χ3n) is 4.20. The van der Waals surface area contributed by atoms with Gasteiger partial charge in [0, 0.05) is 7.11 Å². The SMILES string of the molecule is CO[C@@H]1O[C@H](CO)[C@@H](O)[C@H](O)[C@H]1O[C@H]1O[C@H](CO)[C@@H](O)[C@H](O)[C@H]1O. The molecule has 0 spiro atoms. The molecule has 142 valence electrons. The smallest absolute Gasteiger partial charge is 0.187 e. The molecule has 2 aliphatic heterocycles. The number of methoxy groups -OCH3 is 1. The Bertz CT molecular complexity index is 392. The minimum atomic E-state index is -1.68. The van der Waals surface area contributed by atoms with Gasteiger partial charge in [0.05, 0.1) is 13.2 Å². The third-order valence-corrected chi connectivity index (χ3v) is 4.20. The molecule has 0 aromatic carbocycles. The fourth-order valence-corrected chi connectivity index (χ4v) is 2.73. The van der Waals surface area contributed by atoms with E-state index in [4.69, 9.17) is 29.2 Å². The molecular weight excluding hydrogens is 332 g/mol. The Morgan fingerprint density at radius 2 is 1.21 bits per heavy atom. The average Bonchev–Trinajstić information content (AvgIpc) is 2.59. The zero-order valence-corrected chi connectivity index (χ0v) is 13.0. The van der Waals surface area contributed by atoms with Gasteiger partial charge in [0.25, 0.3) is 0 Å². The van der Waals surface area contributed by atoms with E-state index in [2.05, 4.69) is 0 Å². The van der Waals surface area contributed by atoms with Crippen molar-refractivity contribution in [1.82, 2.24) is 0 Å². The maximum absolute atomic E-state index is 10.2. The second kappa shape index (κ2) is 8.29. The molecule has 2 aliphatic rings. The van der Waals surface area contributed by atoms with Crippen LogP contribution in [0.5, 0.6) is 0 Å². The van der Waals surface area contributed by atoms with Crippen molar-refractivity contribution in [1.29, 1.82) is 0 Å². The number of ether oxygens (including phenoxy) is 4. The first-order valence-electron chi connectivity index (χ1n) is 7.46. The van der Waals surface area contributed by atoms with Gasteiger partial charge in [0.1, 0.15) is 48.8 Å². The second-order valence-electron chi connectivity index (χ2n) is 5.74. The zero-order valence-electron chi connectivity index (χ0n) is 13.0. The van der Waals surface area contributed by atoms with Crippen molar-refractivity contribution in [3.05, 3.63) is 0 Å². The lowest BCUT2D eigenvalue weighted by Gasteiger charge is -2.45. The molecule has 0 amide bonds. The molecule has 0 radical (unpaired) electrons. The van der Waals surface area contributed by atoms with E-state index in [1.54, 1.807) is 0 Å². The van der Waals surface area contributed by atoms with Crippen molar-refractivity contribution in [2.24, 2.45) is 0 Å². The topological polar surface area (TPSA) is 179 Å². The summed E-state index contributed by atoms with van der Waals surface area (Å²) in [5.74, 6) is 0. The highest BCUT2D eigenvalue weighted by Crippen LogP contribution is 2.29. The number of hydrogen-bond donors (Lipinski definition) is 7. The maximum Gasteiger partial charge on any atom is 0.187 e. The lowest BCUT2D eigenvalue weighted by molar-refractivity contribution is -0.364. The number of aliphatic hydroxyl groups is 7. The quantitative estimate of drug-likeness (QED) is 0.251. The molecule has 2 fully saturated rings. The largest absolute Gasteiger partial charge is 0.394 e. The summed E-state index contributed by atoms with van der Waals surface area (Å²) in [6.45, 7) is -1.21. The van der Waals surface area contributed by atoms with E-state index in [1.165, 1.54) is 7.11 Å². The molecule has 0 aromatic rings. The van der Waals surface area contributed by atoms with E-state index >= 15 is 0 Å². The Labute approximate surface area is 137 Å². The van der Waals surface area contributed by atoms with Crippen LogP contribution >= 0.6 is 0 Å². The highest BCUT2D eigenvalue weighted by Gasteiger charge is 2.50. The summed E-state index contributed by atoms with van der Waals surface area (Å²) in [6, 6.07) is 0. The Morgan fingerprint density at radius 3 is 1.71 bits per heavy atom. The van der Waals surface area contributed by atoms with Crippen LogP contribution in [0.1, 0.15) is 0 Å². The standard InChI is InChI=1S/C13H24O11/c1-21-13-11(9(19)7(17)5(3-15)23-13)24-12-10(20)8(18)6(16)4(2-14)22-12/h4-20H,2-3H2,1H3/t4-,5-,6-,7-,8+,9+,10-,11-,12-,13-/m1/s1. The molecule has 0 saturated carbocycles. The van der Waals surface area contributed by atoms with Crippen molar-refractivity contribution in [3.63, 3.8) is 0 Å². The van der Waals surface area contributed by atoms with E-state index in [0.717, 1.165) is 0 Å². The first-order valence-corrected chi connectivity index (χ1v) is 7.46. The van der Waals surface area contributed by atoms with Crippen LogP contribution in [0, 0.1) is 0 Å². The summed E-state index contributed by atoms with van der Waals surface area (Å²) in [6.07, 6.45) is -14.3. The zero-order chi connectivity index (χ0) is 18.0. The molecule has 0 aromatic heterocycles. The van der Waals surface area contributed by atoms with Crippen LogP contribution < -0.4 is 0 Å². The van der Waals surface area contributed by atoms with Gasteiger partial charge in [-0.3, -0.25) is 0 Å². The van der Waals surface area contributed by atoms with Crippen LogP contribution in [0.4, 0.5) is 0 Å². The van der Waals surface area contributed by atoms with E-state index in [1.807, 2.05) is 0 Å². The van der Waals surface area contributed by atoms with Crippen LogP contribution in [0.15, 0.2) is 0 Å². The Morgan fingerprint density at radius 1 is 0.708 bits per heavy atom. The molecule has 0 bridgehead atoms.